The molecular formula is C12H17BrN2O. The average molecular weight is 285 g/mol. The van der Waals surface area contributed by atoms with Gasteiger partial charge in [0.1, 0.15) is 0 Å². The van der Waals surface area contributed by atoms with Gasteiger partial charge in [-0.1, -0.05) is 28.9 Å². The van der Waals surface area contributed by atoms with Gasteiger partial charge in [0, 0.05) is 22.6 Å². The molecule has 0 heterocycles. The number of amides is 1. The lowest BCUT2D eigenvalue weighted by atomic mass is 10.1. The lowest BCUT2D eigenvalue weighted by Crippen LogP contribution is -2.28. The highest BCUT2D eigenvalue weighted by Crippen LogP contribution is 2.23. The number of carbonyl (C=O) groups excluding carboxylic acids is 1. The molecule has 0 saturated carbocycles. The normalized spacial score (nSPS) is 12.2. The molecule has 0 saturated heterocycles. The first-order valence-electron chi connectivity index (χ1n) is 5.26. The van der Waals surface area contributed by atoms with Gasteiger partial charge in [-0.2, -0.15) is 0 Å². The van der Waals surface area contributed by atoms with Crippen LogP contribution in [0.1, 0.15) is 12.5 Å². The first kappa shape index (κ1) is 13.2. The van der Waals surface area contributed by atoms with Crippen LogP contribution in [0.4, 0.5) is 5.69 Å². The minimum Gasteiger partial charge on any atom is -0.326 e. The van der Waals surface area contributed by atoms with Crippen LogP contribution >= 0.6 is 15.9 Å². The topological polar surface area (TPSA) is 41.1 Å². The number of anilines is 1. The summed E-state index contributed by atoms with van der Waals surface area (Å²) in [4.78, 5) is 11.8. The zero-order valence-corrected chi connectivity index (χ0v) is 11.4. The summed E-state index contributed by atoms with van der Waals surface area (Å²) in [5.41, 5.74) is 1.91. The van der Waals surface area contributed by atoms with Crippen molar-refractivity contribution in [1.29, 1.82) is 0 Å². The minimum absolute atomic E-state index is 0.0375. The van der Waals surface area contributed by atoms with Crippen LogP contribution in [0.25, 0.3) is 0 Å². The molecule has 0 bridgehead atoms. The molecule has 0 aliphatic rings. The fraction of sp³-hybridized carbons (Fsp3) is 0.417. The predicted octanol–water partition coefficient (Wildman–Crippen LogP) is 2.55. The Hall–Kier alpha value is -0.870. The predicted molar refractivity (Wildman–Crippen MR) is 70.6 cm³/mol. The van der Waals surface area contributed by atoms with Crippen LogP contribution in [0.2, 0.25) is 0 Å². The molecule has 1 atom stereocenters. The summed E-state index contributed by atoms with van der Waals surface area (Å²) >= 11 is 3.44. The van der Waals surface area contributed by atoms with Crippen LogP contribution in [0, 0.1) is 12.8 Å². The molecule has 1 aromatic carbocycles. The molecule has 2 N–H and O–H groups in total. The monoisotopic (exact) mass is 284 g/mol. The Bertz CT molecular complexity index is 379. The highest BCUT2D eigenvalue weighted by Gasteiger charge is 2.13. The van der Waals surface area contributed by atoms with E-state index in [1.54, 1.807) is 0 Å². The number of benzene rings is 1. The van der Waals surface area contributed by atoms with Crippen molar-refractivity contribution in [3.63, 3.8) is 0 Å². The maximum atomic E-state index is 11.8. The summed E-state index contributed by atoms with van der Waals surface area (Å²) in [6.07, 6.45) is 0. The van der Waals surface area contributed by atoms with Gasteiger partial charge in [-0.05, 0) is 31.7 Å². The molecule has 0 spiro atoms. The molecule has 88 valence electrons. The molecule has 1 rings (SSSR count). The maximum absolute atomic E-state index is 11.8. The van der Waals surface area contributed by atoms with Crippen LogP contribution in [0.3, 0.4) is 0 Å². The quantitative estimate of drug-likeness (QED) is 0.892. The van der Waals surface area contributed by atoms with Gasteiger partial charge in [0.05, 0.1) is 0 Å². The molecule has 1 amide bonds. The van der Waals surface area contributed by atoms with Crippen molar-refractivity contribution in [3.05, 3.63) is 28.2 Å². The molecule has 0 aliphatic heterocycles. The van der Waals surface area contributed by atoms with Gasteiger partial charge in [-0.3, -0.25) is 4.79 Å². The Morgan fingerprint density at radius 1 is 1.50 bits per heavy atom. The Balaban J connectivity index is 2.73. The summed E-state index contributed by atoms with van der Waals surface area (Å²) in [7, 11) is 1.84. The zero-order valence-electron chi connectivity index (χ0n) is 9.80. The largest absolute Gasteiger partial charge is 0.326 e. The number of nitrogens with one attached hydrogen (secondary N) is 2. The molecule has 3 nitrogen and oxygen atoms in total. The number of halogens is 1. The van der Waals surface area contributed by atoms with E-state index in [1.807, 2.05) is 39.1 Å². The van der Waals surface area contributed by atoms with Crippen molar-refractivity contribution in [1.82, 2.24) is 5.32 Å². The number of carbonyl (C=O) groups is 1. The van der Waals surface area contributed by atoms with E-state index in [9.17, 15) is 4.79 Å². The smallest absolute Gasteiger partial charge is 0.228 e. The Labute approximate surface area is 105 Å². The van der Waals surface area contributed by atoms with E-state index in [4.69, 9.17) is 0 Å². The minimum atomic E-state index is -0.0385. The van der Waals surface area contributed by atoms with Gasteiger partial charge in [-0.15, -0.1) is 0 Å². The van der Waals surface area contributed by atoms with Crippen molar-refractivity contribution in [2.24, 2.45) is 5.92 Å². The van der Waals surface area contributed by atoms with Crippen LogP contribution in [0.15, 0.2) is 22.7 Å². The van der Waals surface area contributed by atoms with Crippen molar-refractivity contribution < 1.29 is 4.79 Å². The fourth-order valence-corrected chi connectivity index (χ4v) is 1.76. The molecule has 0 aliphatic carbocycles. The van der Waals surface area contributed by atoms with Crippen LogP contribution in [-0.2, 0) is 4.79 Å². The van der Waals surface area contributed by atoms with Crippen molar-refractivity contribution in [3.8, 4) is 0 Å². The zero-order chi connectivity index (χ0) is 12.1. The SMILES string of the molecule is CNCC(C)C(=O)Nc1cccc(Br)c1C. The second-order valence-electron chi connectivity index (χ2n) is 3.86. The molecule has 1 unspecified atom stereocenters. The summed E-state index contributed by atoms with van der Waals surface area (Å²) < 4.78 is 1.01. The van der Waals surface area contributed by atoms with E-state index in [-0.39, 0.29) is 11.8 Å². The highest BCUT2D eigenvalue weighted by molar-refractivity contribution is 9.10. The summed E-state index contributed by atoms with van der Waals surface area (Å²) in [6.45, 7) is 4.56. The van der Waals surface area contributed by atoms with E-state index < -0.39 is 0 Å². The lowest BCUT2D eigenvalue weighted by Gasteiger charge is -2.13. The molecule has 0 radical (unpaired) electrons. The van der Waals surface area contributed by atoms with E-state index >= 15 is 0 Å². The van der Waals surface area contributed by atoms with Crippen LogP contribution in [-0.4, -0.2) is 19.5 Å². The van der Waals surface area contributed by atoms with E-state index in [2.05, 4.69) is 26.6 Å². The maximum Gasteiger partial charge on any atom is 0.228 e. The van der Waals surface area contributed by atoms with Gasteiger partial charge in [0.25, 0.3) is 0 Å². The van der Waals surface area contributed by atoms with Crippen molar-refractivity contribution >= 4 is 27.5 Å². The third kappa shape index (κ3) is 3.32. The molecule has 0 fully saturated rings. The van der Waals surface area contributed by atoms with Gasteiger partial charge >= 0.3 is 0 Å². The number of hydrogen-bond donors (Lipinski definition) is 2. The van der Waals surface area contributed by atoms with E-state index in [0.29, 0.717) is 6.54 Å². The third-order valence-electron chi connectivity index (χ3n) is 2.48. The van der Waals surface area contributed by atoms with Gasteiger partial charge < -0.3 is 10.6 Å². The van der Waals surface area contributed by atoms with Crippen molar-refractivity contribution in [2.45, 2.75) is 13.8 Å². The summed E-state index contributed by atoms with van der Waals surface area (Å²) in [5, 5.41) is 5.92. The molecule has 4 heteroatoms. The lowest BCUT2D eigenvalue weighted by molar-refractivity contribution is -0.119. The Morgan fingerprint density at radius 3 is 2.81 bits per heavy atom. The fourth-order valence-electron chi connectivity index (χ4n) is 1.40. The molecule has 1 aromatic rings. The molecular weight excluding hydrogens is 268 g/mol. The Morgan fingerprint density at radius 2 is 2.19 bits per heavy atom. The highest BCUT2D eigenvalue weighted by atomic mass is 79.9. The first-order valence-corrected chi connectivity index (χ1v) is 6.06. The van der Waals surface area contributed by atoms with Crippen LogP contribution < -0.4 is 10.6 Å². The molecule has 0 aromatic heterocycles. The van der Waals surface area contributed by atoms with Gasteiger partial charge in [0.2, 0.25) is 5.91 Å². The van der Waals surface area contributed by atoms with E-state index in [0.717, 1.165) is 15.7 Å². The summed E-state index contributed by atoms with van der Waals surface area (Å²) in [5.74, 6) is -0.000989. The second-order valence-corrected chi connectivity index (χ2v) is 4.71. The second kappa shape index (κ2) is 6.01. The number of rotatable bonds is 4. The summed E-state index contributed by atoms with van der Waals surface area (Å²) in [6, 6.07) is 5.78. The third-order valence-corrected chi connectivity index (χ3v) is 3.34. The molecule has 16 heavy (non-hydrogen) atoms. The van der Waals surface area contributed by atoms with Crippen molar-refractivity contribution in [2.75, 3.05) is 18.9 Å². The van der Waals surface area contributed by atoms with E-state index in [1.165, 1.54) is 0 Å². The van der Waals surface area contributed by atoms with Gasteiger partial charge in [-0.25, -0.2) is 0 Å². The van der Waals surface area contributed by atoms with Crippen LogP contribution in [0.5, 0.6) is 0 Å². The first-order chi connectivity index (χ1) is 7.56. The standard InChI is InChI=1S/C12H17BrN2O/c1-8(7-14-3)12(16)15-11-6-4-5-10(13)9(11)2/h4-6,8,14H,7H2,1-3H3,(H,15,16). The number of hydrogen-bond acceptors (Lipinski definition) is 2. The van der Waals surface area contributed by atoms with Gasteiger partial charge in [0.15, 0.2) is 0 Å². The average Bonchev–Trinajstić information content (AvgIpc) is 2.25. The Kier molecular flexibility index (Phi) is 4.96.